The maximum atomic E-state index is 12.9. The van der Waals surface area contributed by atoms with Gasteiger partial charge in [0.1, 0.15) is 0 Å². The molecule has 0 aromatic carbocycles. The first-order valence-electron chi connectivity index (χ1n) is 6.66. The van der Waals surface area contributed by atoms with E-state index in [1.807, 2.05) is 4.67 Å². The fraction of sp³-hybridized carbons (Fsp3) is 1.00. The van der Waals surface area contributed by atoms with Gasteiger partial charge in [0.15, 0.2) is 0 Å². The van der Waals surface area contributed by atoms with Gasteiger partial charge in [0, 0.05) is 0 Å². The van der Waals surface area contributed by atoms with E-state index in [0.29, 0.717) is 40.0 Å². The summed E-state index contributed by atoms with van der Waals surface area (Å²) in [4.78, 5) is 0. The zero-order chi connectivity index (χ0) is 13.6. The van der Waals surface area contributed by atoms with Crippen molar-refractivity contribution in [2.24, 2.45) is 11.8 Å². The summed E-state index contributed by atoms with van der Waals surface area (Å²) in [6, 6.07) is 0. The van der Waals surface area contributed by atoms with Crippen LogP contribution in [0.5, 0.6) is 0 Å². The molecule has 0 aliphatic carbocycles. The van der Waals surface area contributed by atoms with Gasteiger partial charge >= 0.3 is 117 Å². The topological polar surface area (TPSA) is 38.8 Å². The summed E-state index contributed by atoms with van der Waals surface area (Å²) in [6.45, 7) is 10.9. The van der Waals surface area contributed by atoms with E-state index in [0.717, 1.165) is 23.7 Å². The Labute approximate surface area is 118 Å². The molecule has 0 saturated carbocycles. The maximum absolute atomic E-state index is 12.9. The summed E-state index contributed by atoms with van der Waals surface area (Å²) < 4.78 is 26.1. The molecule has 1 aliphatic rings. The molecule has 1 rings (SSSR count). The Hall–Kier alpha value is 0.629. The van der Waals surface area contributed by atoms with Crippen molar-refractivity contribution in [2.75, 3.05) is 26.3 Å². The zero-order valence-electron chi connectivity index (χ0n) is 11.9. The van der Waals surface area contributed by atoms with Crippen LogP contribution in [0.1, 0.15) is 27.7 Å². The molecule has 0 aromatic rings. The quantitative estimate of drug-likeness (QED) is 0.526. The number of hydrogen-bond donors (Lipinski definition) is 0. The Morgan fingerprint density at radius 2 is 1.50 bits per heavy atom. The van der Waals surface area contributed by atoms with Crippen LogP contribution in [0.25, 0.3) is 0 Å². The second-order valence-corrected chi connectivity index (χ2v) is 10.0. The van der Waals surface area contributed by atoms with E-state index in [1.165, 1.54) is 0 Å². The van der Waals surface area contributed by atoms with E-state index < -0.39 is 7.75 Å². The van der Waals surface area contributed by atoms with Crippen LogP contribution in [0.3, 0.4) is 0 Å². The predicted molar refractivity (Wildman–Crippen MR) is 76.1 cm³/mol. The first kappa shape index (κ1) is 16.7. The summed E-state index contributed by atoms with van der Waals surface area (Å²) in [7, 11) is -3.06. The molecule has 6 heteroatoms. The molecular formula is C12H26NO3PSe. The average molecular weight is 342 g/mol. The van der Waals surface area contributed by atoms with Crippen molar-refractivity contribution in [3.63, 3.8) is 0 Å². The minimum absolute atomic E-state index is 0.370. The third kappa shape index (κ3) is 5.73. The van der Waals surface area contributed by atoms with Gasteiger partial charge in [0.05, 0.1) is 0 Å². The third-order valence-electron chi connectivity index (χ3n) is 2.48. The van der Waals surface area contributed by atoms with Crippen LogP contribution in [0, 0.1) is 11.8 Å². The summed E-state index contributed by atoms with van der Waals surface area (Å²) in [6.07, 6.45) is 0. The van der Waals surface area contributed by atoms with E-state index >= 15 is 0 Å². The Kier molecular flexibility index (Phi) is 7.45. The van der Waals surface area contributed by atoms with Crippen molar-refractivity contribution in [1.29, 1.82) is 0 Å². The molecule has 0 spiro atoms. The standard InChI is InChI=1S/C12H26NO3PSe/c1-11(2)9-15-17(14,16-10-12(3)4)13-5-7-18-8-6-13/h11-12H,5-10H2,1-4H3. The average Bonchev–Trinajstić information content (AvgIpc) is 2.35. The van der Waals surface area contributed by atoms with Gasteiger partial charge in [0.25, 0.3) is 0 Å². The van der Waals surface area contributed by atoms with Crippen molar-refractivity contribution in [3.05, 3.63) is 0 Å². The van der Waals surface area contributed by atoms with Gasteiger partial charge in [-0.1, -0.05) is 0 Å². The molecule has 1 fully saturated rings. The van der Waals surface area contributed by atoms with Crippen LogP contribution in [-0.4, -0.2) is 45.9 Å². The minimum atomic E-state index is -3.06. The normalized spacial score (nSPS) is 18.8. The van der Waals surface area contributed by atoms with Gasteiger partial charge in [-0.15, -0.1) is 0 Å². The molecule has 1 aliphatic heterocycles. The molecule has 0 atom stereocenters. The summed E-state index contributed by atoms with van der Waals surface area (Å²) >= 11 is 0.706. The van der Waals surface area contributed by atoms with Crippen LogP contribution < -0.4 is 0 Å². The van der Waals surface area contributed by atoms with Gasteiger partial charge in [-0.3, -0.25) is 0 Å². The molecule has 4 nitrogen and oxygen atoms in total. The second kappa shape index (κ2) is 8.04. The van der Waals surface area contributed by atoms with Gasteiger partial charge in [-0.2, -0.15) is 0 Å². The molecular weight excluding hydrogens is 316 g/mol. The van der Waals surface area contributed by atoms with Crippen LogP contribution in [0.15, 0.2) is 0 Å². The van der Waals surface area contributed by atoms with Gasteiger partial charge < -0.3 is 0 Å². The van der Waals surface area contributed by atoms with E-state index in [4.69, 9.17) is 9.05 Å². The molecule has 0 bridgehead atoms. The van der Waals surface area contributed by atoms with E-state index in [9.17, 15) is 4.57 Å². The van der Waals surface area contributed by atoms with Crippen molar-refractivity contribution in [3.8, 4) is 0 Å². The molecule has 1 heterocycles. The van der Waals surface area contributed by atoms with Crippen LogP contribution in [-0.2, 0) is 13.6 Å². The molecule has 0 unspecified atom stereocenters. The van der Waals surface area contributed by atoms with Crippen molar-refractivity contribution >= 4 is 22.7 Å². The SMILES string of the molecule is CC(C)COP(=O)(OCC(C)C)N1CC[Se]CC1. The third-order valence-corrected chi connectivity index (χ3v) is 6.50. The van der Waals surface area contributed by atoms with Crippen molar-refractivity contribution in [2.45, 2.75) is 38.3 Å². The fourth-order valence-corrected chi connectivity index (χ4v) is 6.05. The van der Waals surface area contributed by atoms with E-state index in [2.05, 4.69) is 27.7 Å². The molecule has 1 saturated heterocycles. The molecule has 108 valence electrons. The Morgan fingerprint density at radius 3 is 1.89 bits per heavy atom. The van der Waals surface area contributed by atoms with Crippen molar-refractivity contribution in [1.82, 2.24) is 4.67 Å². The van der Waals surface area contributed by atoms with Gasteiger partial charge in [0.2, 0.25) is 0 Å². The van der Waals surface area contributed by atoms with Crippen LogP contribution in [0.2, 0.25) is 10.6 Å². The molecule has 0 aromatic heterocycles. The molecule has 0 N–H and O–H groups in total. The number of hydrogen-bond acceptors (Lipinski definition) is 3. The summed E-state index contributed by atoms with van der Waals surface area (Å²) in [5.74, 6) is 0.741. The fourth-order valence-electron chi connectivity index (χ4n) is 1.49. The Morgan fingerprint density at radius 1 is 1.06 bits per heavy atom. The summed E-state index contributed by atoms with van der Waals surface area (Å²) in [5, 5.41) is 2.29. The Balaban J connectivity index is 2.62. The van der Waals surface area contributed by atoms with Gasteiger partial charge in [-0.05, 0) is 0 Å². The van der Waals surface area contributed by atoms with Gasteiger partial charge in [-0.25, -0.2) is 0 Å². The van der Waals surface area contributed by atoms with E-state index in [1.54, 1.807) is 0 Å². The Bertz CT molecular complexity index is 264. The van der Waals surface area contributed by atoms with Crippen LogP contribution in [0.4, 0.5) is 0 Å². The molecule has 0 amide bonds. The molecule has 0 radical (unpaired) electrons. The van der Waals surface area contributed by atoms with E-state index in [-0.39, 0.29) is 0 Å². The molecule has 18 heavy (non-hydrogen) atoms. The second-order valence-electron chi connectivity index (χ2n) is 5.41. The predicted octanol–water partition coefficient (Wildman–Crippen LogP) is 3.30. The monoisotopic (exact) mass is 343 g/mol. The van der Waals surface area contributed by atoms with Crippen LogP contribution >= 0.6 is 7.75 Å². The van der Waals surface area contributed by atoms with Crippen molar-refractivity contribution < 1.29 is 13.6 Å². The zero-order valence-corrected chi connectivity index (χ0v) is 14.5. The first-order valence-corrected chi connectivity index (χ1v) is 10.6. The number of nitrogens with zero attached hydrogens (tertiary/aromatic N) is 1. The first-order chi connectivity index (χ1) is 8.44. The summed E-state index contributed by atoms with van der Waals surface area (Å²) in [5.41, 5.74) is 0. The number of rotatable bonds is 7.